The van der Waals surface area contributed by atoms with Gasteiger partial charge in [0.2, 0.25) is 0 Å². The van der Waals surface area contributed by atoms with E-state index >= 15 is 0 Å². The van der Waals surface area contributed by atoms with Crippen molar-refractivity contribution in [1.82, 2.24) is 10.4 Å². The Bertz CT molecular complexity index is 625. The molecule has 4 N–H and O–H groups in total. The van der Waals surface area contributed by atoms with Crippen LogP contribution in [0.25, 0.3) is 11.1 Å². The van der Waals surface area contributed by atoms with Gasteiger partial charge in [-0.05, 0) is 29.3 Å². The van der Waals surface area contributed by atoms with E-state index in [4.69, 9.17) is 10.1 Å². The van der Waals surface area contributed by atoms with Crippen LogP contribution in [0.5, 0.6) is 5.75 Å². The summed E-state index contributed by atoms with van der Waals surface area (Å²) in [4.78, 5) is 4.41. The molecule has 0 bridgehead atoms. The molecule has 0 radical (unpaired) electrons. The van der Waals surface area contributed by atoms with E-state index in [2.05, 4.69) is 21.2 Å². The van der Waals surface area contributed by atoms with Crippen LogP contribution in [0.4, 0.5) is 11.6 Å². The maximum Gasteiger partial charge on any atom is 0.143 e. The summed E-state index contributed by atoms with van der Waals surface area (Å²) in [5.41, 5.74) is 8.47. The first-order valence-electron chi connectivity index (χ1n) is 6.54. The molecule has 1 aromatic carbocycles. The van der Waals surface area contributed by atoms with Crippen LogP contribution < -0.4 is 20.9 Å². The Hall–Kier alpha value is -2.60. The summed E-state index contributed by atoms with van der Waals surface area (Å²) in [6.07, 6.45) is 1.31. The lowest BCUT2D eigenvalue weighted by molar-refractivity contribution is 0.415. The Morgan fingerprint density at radius 1 is 1.19 bits per heavy atom. The second-order valence-electron chi connectivity index (χ2n) is 4.32. The van der Waals surface area contributed by atoms with E-state index < -0.39 is 0 Å². The molecule has 6 nitrogen and oxygen atoms in total. The lowest BCUT2D eigenvalue weighted by Gasteiger charge is -2.14. The fraction of sp³-hybridized carbons (Fsp3) is 0.200. The van der Waals surface area contributed by atoms with Crippen molar-refractivity contribution in [2.24, 2.45) is 0 Å². The van der Waals surface area contributed by atoms with Gasteiger partial charge in [-0.25, -0.2) is 10.4 Å². The van der Waals surface area contributed by atoms with E-state index in [9.17, 15) is 0 Å². The van der Waals surface area contributed by atoms with Gasteiger partial charge in [0.15, 0.2) is 0 Å². The zero-order chi connectivity index (χ0) is 15.2. The monoisotopic (exact) mass is 285 g/mol. The Morgan fingerprint density at radius 2 is 1.90 bits per heavy atom. The third kappa shape index (κ3) is 3.11. The average molecular weight is 285 g/mol. The average Bonchev–Trinajstić information content (AvgIpc) is 2.54. The van der Waals surface area contributed by atoms with Crippen molar-refractivity contribution in [2.75, 3.05) is 31.9 Å². The summed E-state index contributed by atoms with van der Waals surface area (Å²) in [5, 5.41) is 10.7. The number of aromatic nitrogens is 1. The van der Waals surface area contributed by atoms with Crippen molar-refractivity contribution in [3.63, 3.8) is 0 Å². The van der Waals surface area contributed by atoms with Crippen molar-refractivity contribution in [3.8, 4) is 16.9 Å². The van der Waals surface area contributed by atoms with Gasteiger partial charge in [0.05, 0.1) is 7.11 Å². The molecular weight excluding hydrogens is 266 g/mol. The van der Waals surface area contributed by atoms with Crippen molar-refractivity contribution in [3.05, 3.63) is 35.9 Å². The Kier molecular flexibility index (Phi) is 4.73. The molecule has 0 unspecified atom stereocenters. The van der Waals surface area contributed by atoms with Gasteiger partial charge in [-0.15, -0.1) is 0 Å². The zero-order valence-corrected chi connectivity index (χ0v) is 12.3. The van der Waals surface area contributed by atoms with Crippen molar-refractivity contribution in [2.45, 2.75) is 0 Å². The van der Waals surface area contributed by atoms with Crippen molar-refractivity contribution < 1.29 is 4.74 Å². The smallest absolute Gasteiger partial charge is 0.143 e. The number of methoxy groups -OCH3 is 1. The number of rotatable bonds is 6. The highest BCUT2D eigenvalue weighted by Gasteiger charge is 2.12. The fourth-order valence-electron chi connectivity index (χ4n) is 2.09. The topological polar surface area (TPSA) is 82.1 Å². The number of pyridine rings is 1. The SMILES string of the molecule is CNNc1cc(-c2ccc(OC)cc2)c(C=N)c(NC)n1. The summed E-state index contributed by atoms with van der Waals surface area (Å²) in [7, 11) is 5.20. The number of ether oxygens (including phenoxy) is 1. The third-order valence-corrected chi connectivity index (χ3v) is 3.09. The van der Waals surface area contributed by atoms with Gasteiger partial charge >= 0.3 is 0 Å². The first kappa shape index (κ1) is 14.8. The number of benzene rings is 1. The van der Waals surface area contributed by atoms with E-state index in [0.717, 1.165) is 22.4 Å². The summed E-state index contributed by atoms with van der Waals surface area (Å²) in [6.45, 7) is 0. The molecule has 1 heterocycles. The van der Waals surface area contributed by atoms with Crippen LogP contribution in [-0.4, -0.2) is 32.4 Å². The second-order valence-corrected chi connectivity index (χ2v) is 4.32. The van der Waals surface area contributed by atoms with Gasteiger partial charge in [0.1, 0.15) is 17.4 Å². The van der Waals surface area contributed by atoms with Crippen LogP contribution in [0, 0.1) is 5.41 Å². The van der Waals surface area contributed by atoms with Crippen LogP contribution in [0.15, 0.2) is 30.3 Å². The quantitative estimate of drug-likeness (QED) is 0.484. The van der Waals surface area contributed by atoms with Crippen LogP contribution in [0.2, 0.25) is 0 Å². The van der Waals surface area contributed by atoms with Gasteiger partial charge in [0.25, 0.3) is 0 Å². The molecule has 21 heavy (non-hydrogen) atoms. The zero-order valence-electron chi connectivity index (χ0n) is 12.3. The normalized spacial score (nSPS) is 10.0. The van der Waals surface area contributed by atoms with Crippen molar-refractivity contribution in [1.29, 1.82) is 5.41 Å². The maximum absolute atomic E-state index is 7.66. The number of hydrogen-bond acceptors (Lipinski definition) is 6. The minimum absolute atomic E-state index is 0.649. The van der Waals surface area contributed by atoms with E-state index in [1.807, 2.05) is 30.3 Å². The number of nitrogens with one attached hydrogen (secondary N) is 4. The van der Waals surface area contributed by atoms with Crippen LogP contribution in [0.1, 0.15) is 5.56 Å². The lowest BCUT2D eigenvalue weighted by Crippen LogP contribution is -2.17. The number of hydrazine groups is 1. The molecule has 0 aliphatic rings. The molecule has 6 heteroatoms. The van der Waals surface area contributed by atoms with Crippen LogP contribution in [0.3, 0.4) is 0 Å². The van der Waals surface area contributed by atoms with Gasteiger partial charge in [0, 0.05) is 25.9 Å². The summed E-state index contributed by atoms with van der Waals surface area (Å²) in [6, 6.07) is 9.62. The van der Waals surface area contributed by atoms with Crippen molar-refractivity contribution >= 4 is 17.9 Å². The first-order valence-corrected chi connectivity index (χ1v) is 6.54. The molecule has 0 spiro atoms. The number of nitrogens with zero attached hydrogens (tertiary/aromatic N) is 1. The lowest BCUT2D eigenvalue weighted by atomic mass is 10.0. The minimum atomic E-state index is 0.649. The van der Waals surface area contributed by atoms with Crippen LogP contribution in [-0.2, 0) is 0 Å². The van der Waals surface area contributed by atoms with E-state index in [1.165, 1.54) is 6.21 Å². The molecule has 0 amide bonds. The van der Waals surface area contributed by atoms with Gasteiger partial charge in [-0.2, -0.15) is 0 Å². The Morgan fingerprint density at radius 3 is 2.43 bits per heavy atom. The highest BCUT2D eigenvalue weighted by Crippen LogP contribution is 2.30. The highest BCUT2D eigenvalue weighted by atomic mass is 16.5. The van der Waals surface area contributed by atoms with Gasteiger partial charge in [-0.1, -0.05) is 12.1 Å². The second kappa shape index (κ2) is 6.71. The molecule has 0 saturated heterocycles. The summed E-state index contributed by atoms with van der Waals surface area (Å²) >= 11 is 0. The van der Waals surface area contributed by atoms with E-state index in [0.29, 0.717) is 11.6 Å². The maximum atomic E-state index is 7.66. The largest absolute Gasteiger partial charge is 0.497 e. The summed E-state index contributed by atoms with van der Waals surface area (Å²) in [5.74, 6) is 2.13. The molecule has 0 fully saturated rings. The van der Waals surface area contributed by atoms with E-state index in [-0.39, 0.29) is 0 Å². The highest BCUT2D eigenvalue weighted by molar-refractivity contribution is 5.95. The molecule has 0 saturated carbocycles. The fourth-order valence-corrected chi connectivity index (χ4v) is 2.09. The number of hydrogen-bond donors (Lipinski definition) is 4. The number of anilines is 2. The molecular formula is C15H19N5O. The molecule has 0 aliphatic carbocycles. The first-order chi connectivity index (χ1) is 10.2. The molecule has 2 rings (SSSR count). The van der Waals surface area contributed by atoms with Gasteiger partial charge < -0.3 is 20.9 Å². The molecule has 0 atom stereocenters. The summed E-state index contributed by atoms with van der Waals surface area (Å²) < 4.78 is 5.18. The predicted octanol–water partition coefficient (Wildman–Crippen LogP) is 2.34. The molecule has 1 aromatic heterocycles. The Labute approximate surface area is 124 Å². The Balaban J connectivity index is 2.57. The molecule has 0 aliphatic heterocycles. The standard InChI is InChI=1S/C15H19N5O/c1-17-15-13(9-16)12(8-14(19-15)20-18-2)10-4-6-11(21-3)7-5-10/h4-9,16,18H,1-3H3,(H2,17,19,20). The van der Waals surface area contributed by atoms with E-state index in [1.54, 1.807) is 21.2 Å². The molecule has 110 valence electrons. The predicted molar refractivity (Wildman–Crippen MR) is 86.3 cm³/mol. The molecule has 2 aromatic rings. The van der Waals surface area contributed by atoms with Crippen LogP contribution >= 0.6 is 0 Å². The minimum Gasteiger partial charge on any atom is -0.497 e. The van der Waals surface area contributed by atoms with Gasteiger partial charge in [-0.3, -0.25) is 0 Å². The third-order valence-electron chi connectivity index (χ3n) is 3.09.